The summed E-state index contributed by atoms with van der Waals surface area (Å²) in [5.41, 5.74) is 3.15. The van der Waals surface area contributed by atoms with Gasteiger partial charge in [0.15, 0.2) is 0 Å². The lowest BCUT2D eigenvalue weighted by molar-refractivity contribution is 0.955. The average Bonchev–Trinajstić information content (AvgIpc) is 2.67. The Morgan fingerprint density at radius 1 is 0.800 bits per heavy atom. The smallest absolute Gasteiger partial charge is 0.0991 e. The van der Waals surface area contributed by atoms with Gasteiger partial charge in [-0.3, -0.25) is 0 Å². The highest BCUT2D eigenvalue weighted by molar-refractivity contribution is 7.80. The lowest BCUT2D eigenvalue weighted by atomic mass is 9.92. The zero-order chi connectivity index (χ0) is 17.2. The van der Waals surface area contributed by atoms with E-state index in [4.69, 9.17) is 17.9 Å². The van der Waals surface area contributed by atoms with Crippen LogP contribution in [0.4, 0.5) is 0 Å². The van der Waals surface area contributed by atoms with E-state index in [9.17, 15) is 0 Å². The van der Waals surface area contributed by atoms with Gasteiger partial charge in [-0.25, -0.2) is 0 Å². The maximum atomic E-state index is 8.97. The molecule has 0 amide bonds. The van der Waals surface area contributed by atoms with Crippen LogP contribution in [0.3, 0.4) is 0 Å². The van der Waals surface area contributed by atoms with Gasteiger partial charge < -0.3 is 0 Å². The number of fused-ring (bicyclic) bond motifs is 2. The van der Waals surface area contributed by atoms with Gasteiger partial charge in [0.2, 0.25) is 0 Å². The van der Waals surface area contributed by atoms with Crippen molar-refractivity contribution in [3.05, 3.63) is 95.6 Å². The summed E-state index contributed by atoms with van der Waals surface area (Å²) in [6.07, 6.45) is 0.844. The van der Waals surface area contributed by atoms with Crippen LogP contribution in [-0.2, 0) is 6.42 Å². The van der Waals surface area contributed by atoms with E-state index in [0.29, 0.717) is 5.56 Å². The van der Waals surface area contributed by atoms with Crippen molar-refractivity contribution in [3.8, 4) is 6.07 Å². The van der Waals surface area contributed by atoms with Crippen molar-refractivity contribution in [1.29, 1.82) is 5.26 Å². The predicted octanol–water partition coefficient (Wildman–Crippen LogP) is 6.08. The van der Waals surface area contributed by atoms with Gasteiger partial charge in [0, 0.05) is 5.25 Å². The number of benzene rings is 4. The lowest BCUT2D eigenvalue weighted by Crippen LogP contribution is -1.98. The molecule has 0 spiro atoms. The average molecular weight is 339 g/mol. The third kappa shape index (κ3) is 2.99. The van der Waals surface area contributed by atoms with Gasteiger partial charge in [0.1, 0.15) is 0 Å². The van der Waals surface area contributed by atoms with E-state index in [-0.39, 0.29) is 5.25 Å². The fourth-order valence-electron chi connectivity index (χ4n) is 3.42. The standard InChI is InChI=1S/C23H17NS/c24-15-16-9-11-17(12-10-16)23(25)14-22-20-7-3-1-5-18(20)13-19-6-2-4-8-21(19)22/h1-13,23,25H,14H2. The minimum absolute atomic E-state index is 0.0851. The van der Waals surface area contributed by atoms with Crippen molar-refractivity contribution < 1.29 is 0 Å². The molecule has 0 N–H and O–H groups in total. The zero-order valence-electron chi connectivity index (χ0n) is 13.7. The molecule has 0 bridgehead atoms. The molecular weight excluding hydrogens is 322 g/mol. The second-order valence-corrected chi connectivity index (χ2v) is 6.87. The molecule has 120 valence electrons. The second kappa shape index (κ2) is 6.63. The molecule has 0 aliphatic rings. The molecule has 4 aromatic carbocycles. The third-order valence-corrected chi connectivity index (χ3v) is 5.19. The van der Waals surface area contributed by atoms with Crippen molar-refractivity contribution in [1.82, 2.24) is 0 Å². The highest BCUT2D eigenvalue weighted by Gasteiger charge is 2.13. The van der Waals surface area contributed by atoms with Crippen LogP contribution in [0.25, 0.3) is 21.5 Å². The lowest BCUT2D eigenvalue weighted by Gasteiger charge is -2.16. The fourth-order valence-corrected chi connectivity index (χ4v) is 3.77. The summed E-state index contributed by atoms with van der Waals surface area (Å²) in [7, 11) is 0. The number of nitrogens with zero attached hydrogens (tertiary/aromatic N) is 1. The van der Waals surface area contributed by atoms with E-state index in [1.165, 1.54) is 27.1 Å². The van der Waals surface area contributed by atoms with E-state index >= 15 is 0 Å². The first kappa shape index (κ1) is 15.7. The van der Waals surface area contributed by atoms with Crippen molar-refractivity contribution in [2.24, 2.45) is 0 Å². The molecule has 0 radical (unpaired) electrons. The molecule has 2 heteroatoms. The molecule has 4 rings (SSSR count). The van der Waals surface area contributed by atoms with E-state index in [0.717, 1.165) is 12.0 Å². The maximum Gasteiger partial charge on any atom is 0.0991 e. The number of thiol groups is 1. The van der Waals surface area contributed by atoms with Crippen molar-refractivity contribution in [3.63, 3.8) is 0 Å². The minimum atomic E-state index is 0.0851. The van der Waals surface area contributed by atoms with Gasteiger partial charge in [-0.1, -0.05) is 60.7 Å². The molecule has 1 unspecified atom stereocenters. The van der Waals surface area contributed by atoms with Crippen molar-refractivity contribution in [2.45, 2.75) is 11.7 Å². The van der Waals surface area contributed by atoms with E-state index < -0.39 is 0 Å². The number of hydrogen-bond donors (Lipinski definition) is 1. The monoisotopic (exact) mass is 339 g/mol. The zero-order valence-corrected chi connectivity index (χ0v) is 14.6. The van der Waals surface area contributed by atoms with Crippen LogP contribution in [0.1, 0.15) is 21.9 Å². The summed E-state index contributed by atoms with van der Waals surface area (Å²) in [6.45, 7) is 0. The van der Waals surface area contributed by atoms with Gasteiger partial charge in [-0.15, -0.1) is 0 Å². The Kier molecular flexibility index (Phi) is 4.17. The highest BCUT2D eigenvalue weighted by Crippen LogP contribution is 2.34. The topological polar surface area (TPSA) is 23.8 Å². The predicted molar refractivity (Wildman–Crippen MR) is 108 cm³/mol. The first-order valence-corrected chi connectivity index (χ1v) is 8.85. The Balaban J connectivity index is 1.82. The van der Waals surface area contributed by atoms with Crippen molar-refractivity contribution in [2.75, 3.05) is 0 Å². The molecule has 1 atom stereocenters. The molecule has 4 aromatic rings. The van der Waals surface area contributed by atoms with Crippen LogP contribution in [0.15, 0.2) is 78.9 Å². The van der Waals surface area contributed by atoms with Crippen LogP contribution in [0.2, 0.25) is 0 Å². The van der Waals surface area contributed by atoms with Crippen LogP contribution < -0.4 is 0 Å². The largest absolute Gasteiger partial charge is 0.192 e. The summed E-state index contributed by atoms with van der Waals surface area (Å²) in [5, 5.41) is 14.1. The molecule has 0 fully saturated rings. The first-order chi connectivity index (χ1) is 12.3. The second-order valence-electron chi connectivity index (χ2n) is 6.25. The van der Waals surface area contributed by atoms with E-state index in [2.05, 4.69) is 60.7 Å². The summed E-state index contributed by atoms with van der Waals surface area (Å²) in [6, 6.07) is 29.2. The quantitative estimate of drug-likeness (QED) is 0.355. The Morgan fingerprint density at radius 2 is 1.36 bits per heavy atom. The summed E-state index contributed by atoms with van der Waals surface area (Å²) in [5.74, 6) is 0. The highest BCUT2D eigenvalue weighted by atomic mass is 32.1. The Morgan fingerprint density at radius 3 is 1.92 bits per heavy atom. The van der Waals surface area contributed by atoms with Gasteiger partial charge in [0.05, 0.1) is 11.6 Å². The van der Waals surface area contributed by atoms with E-state index in [1.807, 2.05) is 24.3 Å². The van der Waals surface area contributed by atoms with Gasteiger partial charge in [-0.2, -0.15) is 17.9 Å². The minimum Gasteiger partial charge on any atom is -0.192 e. The summed E-state index contributed by atoms with van der Waals surface area (Å²) >= 11 is 4.86. The normalized spacial score (nSPS) is 12.2. The fraction of sp³-hybridized carbons (Fsp3) is 0.0870. The van der Waals surface area contributed by atoms with E-state index in [1.54, 1.807) is 0 Å². The third-order valence-electron chi connectivity index (χ3n) is 4.70. The summed E-state index contributed by atoms with van der Waals surface area (Å²) < 4.78 is 0. The Labute approximate surface area is 152 Å². The number of hydrogen-bond acceptors (Lipinski definition) is 2. The number of nitriles is 1. The molecular formula is C23H17NS. The Hall–Kier alpha value is -2.76. The van der Waals surface area contributed by atoms with Crippen LogP contribution in [-0.4, -0.2) is 0 Å². The molecule has 0 saturated heterocycles. The molecule has 0 saturated carbocycles. The van der Waals surface area contributed by atoms with Crippen LogP contribution in [0, 0.1) is 11.3 Å². The summed E-state index contributed by atoms with van der Waals surface area (Å²) in [4.78, 5) is 0. The number of rotatable bonds is 3. The van der Waals surface area contributed by atoms with Gasteiger partial charge in [0.25, 0.3) is 0 Å². The molecule has 1 nitrogen and oxygen atoms in total. The van der Waals surface area contributed by atoms with Gasteiger partial charge >= 0.3 is 0 Å². The molecule has 0 heterocycles. The van der Waals surface area contributed by atoms with Crippen LogP contribution >= 0.6 is 12.6 Å². The van der Waals surface area contributed by atoms with Crippen molar-refractivity contribution >= 4 is 34.2 Å². The first-order valence-electron chi connectivity index (χ1n) is 8.34. The molecule has 0 aliphatic heterocycles. The maximum absolute atomic E-state index is 8.97. The SMILES string of the molecule is N#Cc1ccc(C(S)Cc2c3ccccc3cc3ccccc23)cc1. The molecule has 25 heavy (non-hydrogen) atoms. The van der Waals surface area contributed by atoms with Gasteiger partial charge in [-0.05, 0) is 57.3 Å². The molecule has 0 aromatic heterocycles. The van der Waals surface area contributed by atoms with Crippen LogP contribution in [0.5, 0.6) is 0 Å². The Bertz CT molecular complexity index is 1040. The molecule has 0 aliphatic carbocycles.